The standard InChI is InChI=1S/C20H26N2O3S/c1-5-6-10-22(4)20(23)17-8-7-9-19(14-17)26(24,25)21-18-12-15(2)11-16(3)13-18/h7-9,11-14,21H,5-6,10H2,1-4H3. The van der Waals surface area contributed by atoms with Crippen LogP contribution in [0.4, 0.5) is 5.69 Å². The quantitative estimate of drug-likeness (QED) is 0.797. The lowest BCUT2D eigenvalue weighted by Crippen LogP contribution is -2.28. The highest BCUT2D eigenvalue weighted by Gasteiger charge is 2.18. The number of amides is 1. The van der Waals surface area contributed by atoms with Crippen molar-refractivity contribution in [3.63, 3.8) is 0 Å². The Bertz CT molecular complexity index is 871. The summed E-state index contributed by atoms with van der Waals surface area (Å²) in [4.78, 5) is 14.2. The molecule has 0 fully saturated rings. The zero-order valence-electron chi connectivity index (χ0n) is 15.7. The van der Waals surface area contributed by atoms with Crippen molar-refractivity contribution >= 4 is 21.6 Å². The molecule has 26 heavy (non-hydrogen) atoms. The molecule has 2 aromatic carbocycles. The van der Waals surface area contributed by atoms with Crippen LogP contribution in [0.5, 0.6) is 0 Å². The maximum absolute atomic E-state index is 12.7. The largest absolute Gasteiger partial charge is 0.342 e. The zero-order valence-corrected chi connectivity index (χ0v) is 16.6. The fraction of sp³-hybridized carbons (Fsp3) is 0.350. The van der Waals surface area contributed by atoms with Gasteiger partial charge in [-0.1, -0.05) is 25.5 Å². The van der Waals surface area contributed by atoms with E-state index in [0.29, 0.717) is 17.8 Å². The lowest BCUT2D eigenvalue weighted by molar-refractivity contribution is 0.0793. The molecule has 0 heterocycles. The number of nitrogens with one attached hydrogen (secondary N) is 1. The molecule has 0 bridgehead atoms. The molecule has 0 unspecified atom stereocenters. The van der Waals surface area contributed by atoms with E-state index in [1.807, 2.05) is 19.9 Å². The summed E-state index contributed by atoms with van der Waals surface area (Å²) in [7, 11) is -2.04. The van der Waals surface area contributed by atoms with Crippen molar-refractivity contribution in [2.45, 2.75) is 38.5 Å². The van der Waals surface area contributed by atoms with Gasteiger partial charge in [0.05, 0.1) is 4.90 Å². The Morgan fingerprint density at radius 2 is 1.73 bits per heavy atom. The van der Waals surface area contributed by atoms with Crippen molar-refractivity contribution in [2.24, 2.45) is 0 Å². The van der Waals surface area contributed by atoms with Crippen LogP contribution in [-0.2, 0) is 10.0 Å². The van der Waals surface area contributed by atoms with Crippen LogP contribution in [0.1, 0.15) is 41.3 Å². The average Bonchev–Trinajstić information content (AvgIpc) is 2.57. The van der Waals surface area contributed by atoms with Gasteiger partial charge in [-0.05, 0) is 61.7 Å². The molecular weight excluding hydrogens is 348 g/mol. The van der Waals surface area contributed by atoms with E-state index in [1.165, 1.54) is 12.1 Å². The first kappa shape index (κ1) is 20.0. The maximum atomic E-state index is 12.7. The van der Waals surface area contributed by atoms with Crippen molar-refractivity contribution in [3.05, 3.63) is 59.2 Å². The molecule has 0 aliphatic carbocycles. The van der Waals surface area contributed by atoms with Gasteiger partial charge in [0.2, 0.25) is 0 Å². The average molecular weight is 375 g/mol. The van der Waals surface area contributed by atoms with E-state index < -0.39 is 10.0 Å². The molecule has 0 spiro atoms. The van der Waals surface area contributed by atoms with Gasteiger partial charge in [0, 0.05) is 24.8 Å². The number of rotatable bonds is 7. The highest BCUT2D eigenvalue weighted by atomic mass is 32.2. The summed E-state index contributed by atoms with van der Waals surface area (Å²) in [6.45, 7) is 6.53. The van der Waals surface area contributed by atoms with E-state index in [2.05, 4.69) is 11.6 Å². The number of hydrogen-bond donors (Lipinski definition) is 1. The van der Waals surface area contributed by atoms with Gasteiger partial charge in [0.25, 0.3) is 15.9 Å². The fourth-order valence-corrected chi connectivity index (χ4v) is 3.85. The molecule has 1 N–H and O–H groups in total. The lowest BCUT2D eigenvalue weighted by atomic mass is 10.1. The molecule has 1 amide bonds. The Balaban J connectivity index is 2.26. The Labute approximate surface area is 156 Å². The number of benzene rings is 2. The van der Waals surface area contributed by atoms with Gasteiger partial charge in [0.15, 0.2) is 0 Å². The fourth-order valence-electron chi connectivity index (χ4n) is 2.76. The van der Waals surface area contributed by atoms with Gasteiger partial charge in [-0.25, -0.2) is 8.42 Å². The highest BCUT2D eigenvalue weighted by molar-refractivity contribution is 7.92. The van der Waals surface area contributed by atoms with Gasteiger partial charge in [-0.15, -0.1) is 0 Å². The molecule has 0 saturated carbocycles. The summed E-state index contributed by atoms with van der Waals surface area (Å²) >= 11 is 0. The minimum atomic E-state index is -3.77. The second kappa shape index (κ2) is 8.36. The van der Waals surface area contributed by atoms with Crippen LogP contribution in [0.3, 0.4) is 0 Å². The van der Waals surface area contributed by atoms with Gasteiger partial charge in [-0.3, -0.25) is 9.52 Å². The highest BCUT2D eigenvalue weighted by Crippen LogP contribution is 2.20. The Hall–Kier alpha value is -2.34. The molecule has 0 saturated heterocycles. The smallest absolute Gasteiger partial charge is 0.261 e. The second-order valence-corrected chi connectivity index (χ2v) is 8.27. The number of unbranched alkanes of at least 4 members (excludes halogenated alkanes) is 1. The van der Waals surface area contributed by atoms with Crippen molar-refractivity contribution in [1.82, 2.24) is 4.90 Å². The summed E-state index contributed by atoms with van der Waals surface area (Å²) in [6, 6.07) is 11.7. The summed E-state index contributed by atoms with van der Waals surface area (Å²) in [6.07, 6.45) is 1.90. The predicted octanol–water partition coefficient (Wildman–Crippen LogP) is 3.98. The summed E-state index contributed by atoms with van der Waals surface area (Å²) in [5.41, 5.74) is 2.83. The topological polar surface area (TPSA) is 66.5 Å². The van der Waals surface area contributed by atoms with Gasteiger partial charge < -0.3 is 4.90 Å². The molecule has 2 rings (SSSR count). The SMILES string of the molecule is CCCCN(C)C(=O)c1cccc(S(=O)(=O)Nc2cc(C)cc(C)c2)c1. The third-order valence-electron chi connectivity index (χ3n) is 4.06. The summed E-state index contributed by atoms with van der Waals surface area (Å²) in [5, 5.41) is 0. The van der Waals surface area contributed by atoms with E-state index in [9.17, 15) is 13.2 Å². The first-order valence-corrected chi connectivity index (χ1v) is 10.2. The predicted molar refractivity (Wildman–Crippen MR) is 105 cm³/mol. The maximum Gasteiger partial charge on any atom is 0.261 e. The van der Waals surface area contributed by atoms with E-state index in [4.69, 9.17) is 0 Å². The number of carbonyl (C=O) groups is 1. The normalized spacial score (nSPS) is 11.2. The summed E-state index contributed by atoms with van der Waals surface area (Å²) in [5.74, 6) is -0.179. The number of aryl methyl sites for hydroxylation is 2. The molecular formula is C20H26N2O3S. The molecule has 0 aromatic heterocycles. The molecule has 6 heteroatoms. The van der Waals surface area contributed by atoms with Gasteiger partial charge in [0.1, 0.15) is 0 Å². The van der Waals surface area contributed by atoms with Crippen molar-refractivity contribution in [3.8, 4) is 0 Å². The first-order chi connectivity index (χ1) is 12.2. The number of hydrogen-bond acceptors (Lipinski definition) is 3. The number of anilines is 1. The molecule has 5 nitrogen and oxygen atoms in total. The van der Waals surface area contributed by atoms with Crippen LogP contribution in [0.15, 0.2) is 47.4 Å². The Morgan fingerprint density at radius 3 is 2.35 bits per heavy atom. The van der Waals surface area contributed by atoms with Crippen LogP contribution in [0.25, 0.3) is 0 Å². The second-order valence-electron chi connectivity index (χ2n) is 6.59. The Kier molecular flexibility index (Phi) is 6.42. The van der Waals surface area contributed by atoms with Crippen LogP contribution >= 0.6 is 0 Å². The van der Waals surface area contributed by atoms with E-state index >= 15 is 0 Å². The Morgan fingerprint density at radius 1 is 1.08 bits per heavy atom. The van der Waals surface area contributed by atoms with Crippen molar-refractivity contribution < 1.29 is 13.2 Å². The minimum absolute atomic E-state index is 0.0754. The molecule has 0 aliphatic rings. The number of sulfonamides is 1. The van der Waals surface area contributed by atoms with Crippen LogP contribution < -0.4 is 4.72 Å². The van der Waals surface area contributed by atoms with Crippen LogP contribution in [-0.4, -0.2) is 32.8 Å². The lowest BCUT2D eigenvalue weighted by Gasteiger charge is -2.17. The third-order valence-corrected chi connectivity index (χ3v) is 5.44. The molecule has 0 atom stereocenters. The summed E-state index contributed by atoms with van der Waals surface area (Å²) < 4.78 is 28.0. The van der Waals surface area contributed by atoms with Gasteiger partial charge >= 0.3 is 0 Å². The van der Waals surface area contributed by atoms with Crippen molar-refractivity contribution in [1.29, 1.82) is 0 Å². The van der Waals surface area contributed by atoms with E-state index in [1.54, 1.807) is 36.2 Å². The monoisotopic (exact) mass is 374 g/mol. The third kappa shape index (κ3) is 5.08. The molecule has 140 valence electrons. The van der Waals surface area contributed by atoms with Crippen LogP contribution in [0.2, 0.25) is 0 Å². The number of nitrogens with zero attached hydrogens (tertiary/aromatic N) is 1. The first-order valence-electron chi connectivity index (χ1n) is 8.69. The van der Waals surface area contributed by atoms with Crippen LogP contribution in [0, 0.1) is 13.8 Å². The molecule has 0 radical (unpaired) electrons. The minimum Gasteiger partial charge on any atom is -0.342 e. The molecule has 2 aromatic rings. The zero-order chi connectivity index (χ0) is 19.3. The van der Waals surface area contributed by atoms with Crippen molar-refractivity contribution in [2.75, 3.05) is 18.3 Å². The number of carbonyl (C=O) groups excluding carboxylic acids is 1. The molecule has 0 aliphatic heterocycles. The van der Waals surface area contributed by atoms with E-state index in [-0.39, 0.29) is 10.8 Å². The van der Waals surface area contributed by atoms with Gasteiger partial charge in [-0.2, -0.15) is 0 Å². The van der Waals surface area contributed by atoms with E-state index in [0.717, 1.165) is 24.0 Å².